The van der Waals surface area contributed by atoms with E-state index in [1.165, 1.54) is 0 Å². The number of fused-ring (bicyclic) bond motifs is 1. The van der Waals surface area contributed by atoms with Crippen LogP contribution in [0.4, 0.5) is 0 Å². The van der Waals surface area contributed by atoms with Gasteiger partial charge in [0.2, 0.25) is 0 Å². The van der Waals surface area contributed by atoms with Crippen LogP contribution in [0.25, 0.3) is 10.8 Å². The van der Waals surface area contributed by atoms with Crippen molar-refractivity contribution in [3.8, 4) is 11.5 Å². The first kappa shape index (κ1) is 11.4. The van der Waals surface area contributed by atoms with Gasteiger partial charge in [0, 0.05) is 16.3 Å². The quantitative estimate of drug-likeness (QED) is 0.777. The third kappa shape index (κ3) is 1.55. The second-order valence-electron chi connectivity index (χ2n) is 4.72. The van der Waals surface area contributed by atoms with E-state index in [2.05, 4.69) is 6.92 Å². The van der Waals surface area contributed by atoms with Gasteiger partial charge in [0.15, 0.2) is 0 Å². The van der Waals surface area contributed by atoms with Crippen LogP contribution >= 0.6 is 0 Å². The van der Waals surface area contributed by atoms with E-state index in [0.717, 1.165) is 34.4 Å². The molecule has 1 fully saturated rings. The van der Waals surface area contributed by atoms with Crippen molar-refractivity contribution in [1.82, 2.24) is 0 Å². The van der Waals surface area contributed by atoms with Crippen molar-refractivity contribution in [2.75, 3.05) is 20.8 Å². The van der Waals surface area contributed by atoms with Gasteiger partial charge in [-0.05, 0) is 13.0 Å². The lowest BCUT2D eigenvalue weighted by atomic mass is 9.96. The first-order valence-corrected chi connectivity index (χ1v) is 5.98. The summed E-state index contributed by atoms with van der Waals surface area (Å²) in [5, 5.41) is 2.12. The molecule has 0 aromatic heterocycles. The number of epoxide rings is 1. The van der Waals surface area contributed by atoms with Crippen LogP contribution in [-0.4, -0.2) is 20.8 Å². The van der Waals surface area contributed by atoms with Crippen LogP contribution in [-0.2, 0) is 10.3 Å². The molecule has 3 nitrogen and oxygen atoms in total. The Bertz CT molecular complexity index is 600. The molecule has 0 bridgehead atoms. The minimum Gasteiger partial charge on any atom is -0.496 e. The normalized spacial score (nSPS) is 21.9. The predicted octanol–water partition coefficient (Wildman–Crippen LogP) is 3.10. The Morgan fingerprint density at radius 3 is 2.33 bits per heavy atom. The minimum absolute atomic E-state index is 0.233. The Morgan fingerprint density at radius 2 is 1.78 bits per heavy atom. The molecule has 18 heavy (non-hydrogen) atoms. The highest BCUT2D eigenvalue weighted by Crippen LogP contribution is 2.47. The summed E-state index contributed by atoms with van der Waals surface area (Å²) in [5.41, 5.74) is 0.823. The molecule has 1 heterocycles. The van der Waals surface area contributed by atoms with Gasteiger partial charge in [-0.25, -0.2) is 0 Å². The van der Waals surface area contributed by atoms with E-state index in [-0.39, 0.29) is 5.60 Å². The maximum Gasteiger partial charge on any atom is 0.133 e. The fraction of sp³-hybridized carbons (Fsp3) is 0.333. The third-order valence-corrected chi connectivity index (χ3v) is 3.53. The summed E-state index contributed by atoms with van der Waals surface area (Å²) in [6.45, 7) is 2.80. The molecule has 3 rings (SSSR count). The Kier molecular flexibility index (Phi) is 2.45. The van der Waals surface area contributed by atoms with Crippen molar-refractivity contribution >= 4 is 10.8 Å². The van der Waals surface area contributed by atoms with Crippen molar-refractivity contribution in [2.45, 2.75) is 12.5 Å². The van der Waals surface area contributed by atoms with Crippen molar-refractivity contribution in [2.24, 2.45) is 0 Å². The van der Waals surface area contributed by atoms with E-state index in [0.29, 0.717) is 0 Å². The van der Waals surface area contributed by atoms with Gasteiger partial charge in [-0.1, -0.05) is 24.3 Å². The fourth-order valence-electron chi connectivity index (χ4n) is 2.36. The molecule has 1 aliphatic rings. The van der Waals surface area contributed by atoms with Gasteiger partial charge < -0.3 is 14.2 Å². The predicted molar refractivity (Wildman–Crippen MR) is 70.4 cm³/mol. The van der Waals surface area contributed by atoms with Crippen molar-refractivity contribution in [3.05, 3.63) is 35.9 Å². The van der Waals surface area contributed by atoms with Crippen molar-refractivity contribution in [3.63, 3.8) is 0 Å². The molecule has 94 valence electrons. The lowest BCUT2D eigenvalue weighted by molar-refractivity contribution is 0.315. The van der Waals surface area contributed by atoms with E-state index >= 15 is 0 Å². The molecule has 2 aromatic rings. The molecule has 0 saturated carbocycles. The molecule has 0 N–H and O–H groups in total. The van der Waals surface area contributed by atoms with Crippen LogP contribution in [0.3, 0.4) is 0 Å². The first-order chi connectivity index (χ1) is 8.69. The fourth-order valence-corrected chi connectivity index (χ4v) is 2.36. The Balaban J connectivity index is 2.36. The summed E-state index contributed by atoms with van der Waals surface area (Å²) in [6, 6.07) is 10.1. The SMILES string of the molecule is COc1cc(C2(C)CO2)c(OC)c2ccccc12. The summed E-state index contributed by atoms with van der Waals surface area (Å²) in [4.78, 5) is 0. The number of rotatable bonds is 3. The average Bonchev–Trinajstić information content (AvgIpc) is 3.16. The first-order valence-electron chi connectivity index (χ1n) is 5.98. The second-order valence-corrected chi connectivity index (χ2v) is 4.72. The minimum atomic E-state index is -0.233. The van der Waals surface area contributed by atoms with Crippen LogP contribution in [0.2, 0.25) is 0 Å². The molecular formula is C15H16O3. The third-order valence-electron chi connectivity index (χ3n) is 3.53. The molecule has 0 spiro atoms. The van der Waals surface area contributed by atoms with E-state index in [1.54, 1.807) is 14.2 Å². The molecule has 3 heteroatoms. The second kappa shape index (κ2) is 3.89. The smallest absolute Gasteiger partial charge is 0.133 e. The highest BCUT2D eigenvalue weighted by molar-refractivity contribution is 5.95. The highest BCUT2D eigenvalue weighted by Gasteiger charge is 2.44. The standard InChI is InChI=1S/C15H16O3/c1-15(9-18-15)12-8-13(16-2)10-6-4-5-7-11(10)14(12)17-3/h4-8H,9H2,1-3H3. The summed E-state index contributed by atoms with van der Waals surface area (Å²) in [5.74, 6) is 1.74. The zero-order valence-electron chi connectivity index (χ0n) is 10.8. The van der Waals surface area contributed by atoms with Gasteiger partial charge in [-0.2, -0.15) is 0 Å². The molecule has 1 unspecified atom stereocenters. The maximum atomic E-state index is 5.59. The van der Waals surface area contributed by atoms with E-state index in [1.807, 2.05) is 30.3 Å². The van der Waals surface area contributed by atoms with Gasteiger partial charge in [0.25, 0.3) is 0 Å². The number of methoxy groups -OCH3 is 2. The molecule has 1 aliphatic heterocycles. The molecular weight excluding hydrogens is 228 g/mol. The van der Waals surface area contributed by atoms with Gasteiger partial charge >= 0.3 is 0 Å². The number of benzene rings is 2. The van der Waals surface area contributed by atoms with Gasteiger partial charge in [0.1, 0.15) is 17.1 Å². The molecule has 0 amide bonds. The monoisotopic (exact) mass is 244 g/mol. The van der Waals surface area contributed by atoms with E-state index < -0.39 is 0 Å². The largest absolute Gasteiger partial charge is 0.496 e. The summed E-state index contributed by atoms with van der Waals surface area (Å²) < 4.78 is 16.6. The average molecular weight is 244 g/mol. The van der Waals surface area contributed by atoms with Crippen LogP contribution in [0.1, 0.15) is 12.5 Å². The van der Waals surface area contributed by atoms with Crippen molar-refractivity contribution in [1.29, 1.82) is 0 Å². The topological polar surface area (TPSA) is 31.0 Å². The Hall–Kier alpha value is -1.74. The van der Waals surface area contributed by atoms with Gasteiger partial charge in [-0.3, -0.25) is 0 Å². The lowest BCUT2D eigenvalue weighted by Crippen LogP contribution is -2.06. The maximum absolute atomic E-state index is 5.59. The lowest BCUT2D eigenvalue weighted by Gasteiger charge is -2.17. The molecule has 0 aliphatic carbocycles. The number of ether oxygens (including phenoxy) is 3. The van der Waals surface area contributed by atoms with Gasteiger partial charge in [-0.15, -0.1) is 0 Å². The van der Waals surface area contributed by atoms with Gasteiger partial charge in [0.05, 0.1) is 20.8 Å². The van der Waals surface area contributed by atoms with E-state index in [9.17, 15) is 0 Å². The van der Waals surface area contributed by atoms with Crippen LogP contribution < -0.4 is 9.47 Å². The zero-order valence-corrected chi connectivity index (χ0v) is 10.8. The summed E-state index contributed by atoms with van der Waals surface area (Å²) >= 11 is 0. The molecule has 1 atom stereocenters. The van der Waals surface area contributed by atoms with Crippen LogP contribution in [0.15, 0.2) is 30.3 Å². The number of hydrogen-bond donors (Lipinski definition) is 0. The summed E-state index contributed by atoms with van der Waals surface area (Å²) in [7, 11) is 3.39. The molecule has 0 radical (unpaired) electrons. The van der Waals surface area contributed by atoms with Crippen LogP contribution in [0.5, 0.6) is 11.5 Å². The highest BCUT2D eigenvalue weighted by atomic mass is 16.6. The van der Waals surface area contributed by atoms with Crippen molar-refractivity contribution < 1.29 is 14.2 Å². The summed E-state index contributed by atoms with van der Waals surface area (Å²) in [6.07, 6.45) is 0. The Morgan fingerprint density at radius 1 is 1.11 bits per heavy atom. The number of hydrogen-bond acceptors (Lipinski definition) is 3. The molecule has 1 saturated heterocycles. The van der Waals surface area contributed by atoms with E-state index in [4.69, 9.17) is 14.2 Å². The zero-order chi connectivity index (χ0) is 12.8. The molecule has 2 aromatic carbocycles. The Labute approximate surface area is 106 Å². The van der Waals surface area contributed by atoms with Crippen LogP contribution in [0, 0.1) is 0 Å².